The van der Waals surface area contributed by atoms with E-state index in [-0.39, 0.29) is 0 Å². The molecular formula is C22H28N2O. The summed E-state index contributed by atoms with van der Waals surface area (Å²) in [5.74, 6) is 3.75. The molecule has 0 spiro atoms. The smallest absolute Gasteiger partial charge is 0.118 e. The highest BCUT2D eigenvalue weighted by Crippen LogP contribution is 2.46. The summed E-state index contributed by atoms with van der Waals surface area (Å²) in [7, 11) is 0. The zero-order chi connectivity index (χ0) is 16.8. The molecule has 0 radical (unpaired) electrons. The second kappa shape index (κ2) is 6.30. The SMILES string of the molecule is CCc1ccc(CN2C[C@@H](c3ccccc3)[C@@H]3[C@H]2C2CCN3CC2)o1. The summed E-state index contributed by atoms with van der Waals surface area (Å²) in [4.78, 5) is 5.51. The van der Waals surface area contributed by atoms with Crippen LogP contribution in [0.3, 0.4) is 0 Å². The number of likely N-dealkylation sites (tertiary alicyclic amines) is 1. The van der Waals surface area contributed by atoms with Crippen molar-refractivity contribution in [3.05, 3.63) is 59.5 Å². The van der Waals surface area contributed by atoms with E-state index in [1.165, 1.54) is 31.5 Å². The van der Waals surface area contributed by atoms with Gasteiger partial charge >= 0.3 is 0 Å². The normalized spacial score (nSPS) is 34.4. The third-order valence-electron chi connectivity index (χ3n) is 6.75. The molecule has 0 N–H and O–H groups in total. The fourth-order valence-corrected chi connectivity index (χ4v) is 5.61. The average Bonchev–Trinajstić information content (AvgIpc) is 3.30. The number of rotatable bonds is 4. The Morgan fingerprint density at radius 3 is 2.44 bits per heavy atom. The Bertz CT molecular complexity index is 717. The molecule has 5 heterocycles. The first kappa shape index (κ1) is 15.7. The third kappa shape index (κ3) is 2.65. The Labute approximate surface area is 150 Å². The minimum Gasteiger partial charge on any atom is -0.465 e. The van der Waals surface area contributed by atoms with Crippen molar-refractivity contribution in [1.82, 2.24) is 9.80 Å². The maximum absolute atomic E-state index is 6.04. The first-order chi connectivity index (χ1) is 12.3. The monoisotopic (exact) mass is 336 g/mol. The molecule has 4 aliphatic rings. The minimum atomic E-state index is 0.634. The van der Waals surface area contributed by atoms with Crippen molar-refractivity contribution in [1.29, 1.82) is 0 Å². The Kier molecular flexibility index (Phi) is 3.94. The van der Waals surface area contributed by atoms with Gasteiger partial charge in [0.25, 0.3) is 0 Å². The van der Waals surface area contributed by atoms with E-state index in [0.29, 0.717) is 18.0 Å². The van der Waals surface area contributed by atoms with Gasteiger partial charge < -0.3 is 4.42 Å². The van der Waals surface area contributed by atoms with Crippen LogP contribution in [-0.2, 0) is 13.0 Å². The highest BCUT2D eigenvalue weighted by Gasteiger charge is 2.53. The number of hydrogen-bond donors (Lipinski definition) is 0. The summed E-state index contributed by atoms with van der Waals surface area (Å²) in [5, 5.41) is 0. The predicted molar refractivity (Wildman–Crippen MR) is 99.6 cm³/mol. The number of piperidine rings is 3. The Hall–Kier alpha value is -1.58. The largest absolute Gasteiger partial charge is 0.465 e. The molecule has 1 aromatic carbocycles. The van der Waals surface area contributed by atoms with E-state index in [1.54, 1.807) is 0 Å². The van der Waals surface area contributed by atoms with Gasteiger partial charge in [0.2, 0.25) is 0 Å². The van der Waals surface area contributed by atoms with Crippen LogP contribution >= 0.6 is 0 Å². The van der Waals surface area contributed by atoms with Crippen molar-refractivity contribution in [2.24, 2.45) is 5.92 Å². The van der Waals surface area contributed by atoms with Gasteiger partial charge in [-0.3, -0.25) is 9.80 Å². The highest BCUT2D eigenvalue weighted by molar-refractivity contribution is 5.27. The van der Waals surface area contributed by atoms with E-state index in [9.17, 15) is 0 Å². The molecular weight excluding hydrogens is 308 g/mol. The summed E-state index contributed by atoms with van der Waals surface area (Å²) in [6.45, 7) is 6.88. The summed E-state index contributed by atoms with van der Waals surface area (Å²) in [6.07, 6.45) is 3.73. The lowest BCUT2D eigenvalue weighted by atomic mass is 9.75. The van der Waals surface area contributed by atoms with Gasteiger partial charge in [-0.25, -0.2) is 0 Å². The molecule has 2 aromatic rings. The molecule has 3 nitrogen and oxygen atoms in total. The van der Waals surface area contributed by atoms with Crippen LogP contribution < -0.4 is 0 Å². The number of furan rings is 1. The fraction of sp³-hybridized carbons (Fsp3) is 0.545. The van der Waals surface area contributed by atoms with Crippen molar-refractivity contribution >= 4 is 0 Å². The van der Waals surface area contributed by atoms with Gasteiger partial charge in [0.1, 0.15) is 11.5 Å². The van der Waals surface area contributed by atoms with E-state index in [2.05, 4.69) is 59.2 Å². The minimum absolute atomic E-state index is 0.634. The van der Waals surface area contributed by atoms with Gasteiger partial charge in [0.05, 0.1) is 6.54 Å². The highest BCUT2D eigenvalue weighted by atomic mass is 16.3. The molecule has 3 heteroatoms. The van der Waals surface area contributed by atoms with Crippen LogP contribution in [0.25, 0.3) is 0 Å². The van der Waals surface area contributed by atoms with Crippen molar-refractivity contribution in [3.8, 4) is 0 Å². The first-order valence-electron chi connectivity index (χ1n) is 9.94. The molecule has 4 aliphatic heterocycles. The lowest BCUT2D eigenvalue weighted by molar-refractivity contribution is -0.0102. The maximum atomic E-state index is 6.04. The number of aryl methyl sites for hydroxylation is 1. The van der Waals surface area contributed by atoms with Gasteiger partial charge in [-0.1, -0.05) is 37.3 Å². The molecule has 3 atom stereocenters. The number of hydrogen-bond acceptors (Lipinski definition) is 3. The lowest BCUT2D eigenvalue weighted by Crippen LogP contribution is -2.59. The Morgan fingerprint density at radius 1 is 0.960 bits per heavy atom. The third-order valence-corrected chi connectivity index (χ3v) is 6.75. The number of fused-ring (bicyclic) bond motifs is 2. The zero-order valence-corrected chi connectivity index (χ0v) is 15.1. The second-order valence-corrected chi connectivity index (χ2v) is 8.02. The topological polar surface area (TPSA) is 19.6 Å². The van der Waals surface area contributed by atoms with Crippen LogP contribution in [0.15, 0.2) is 46.9 Å². The maximum Gasteiger partial charge on any atom is 0.118 e. The molecule has 2 bridgehead atoms. The van der Waals surface area contributed by atoms with Crippen LogP contribution in [0.1, 0.15) is 42.8 Å². The molecule has 1 aromatic heterocycles. The van der Waals surface area contributed by atoms with Crippen LogP contribution in [0.4, 0.5) is 0 Å². The summed E-state index contributed by atoms with van der Waals surface area (Å²) in [6, 6.07) is 16.9. The van der Waals surface area contributed by atoms with Crippen LogP contribution in [0.5, 0.6) is 0 Å². The van der Waals surface area contributed by atoms with Gasteiger partial charge in [0, 0.05) is 31.0 Å². The molecule has 0 unspecified atom stereocenters. The van der Waals surface area contributed by atoms with E-state index < -0.39 is 0 Å². The molecule has 0 amide bonds. The molecule has 25 heavy (non-hydrogen) atoms. The van der Waals surface area contributed by atoms with Gasteiger partial charge in [0.15, 0.2) is 0 Å². The van der Waals surface area contributed by atoms with Crippen molar-refractivity contribution in [2.75, 3.05) is 19.6 Å². The molecule has 6 rings (SSSR count). The van der Waals surface area contributed by atoms with E-state index in [4.69, 9.17) is 4.42 Å². The van der Waals surface area contributed by atoms with E-state index in [1.807, 2.05) is 0 Å². The van der Waals surface area contributed by atoms with E-state index in [0.717, 1.165) is 36.9 Å². The average molecular weight is 336 g/mol. The molecule has 132 valence electrons. The zero-order valence-electron chi connectivity index (χ0n) is 15.1. The van der Waals surface area contributed by atoms with Crippen molar-refractivity contribution in [2.45, 2.75) is 50.7 Å². The molecule has 0 aliphatic carbocycles. The molecule has 0 saturated carbocycles. The fourth-order valence-electron chi connectivity index (χ4n) is 5.61. The van der Waals surface area contributed by atoms with Gasteiger partial charge in [-0.2, -0.15) is 0 Å². The first-order valence-corrected chi connectivity index (χ1v) is 9.94. The van der Waals surface area contributed by atoms with Crippen LogP contribution in [-0.4, -0.2) is 41.5 Å². The Balaban J connectivity index is 1.45. The standard InChI is InChI=1S/C22H28N2O/c1-2-18-8-9-19(25-18)14-24-15-20(16-6-4-3-5-7-16)22-21(24)17-10-12-23(22)13-11-17/h3-9,17,20-22H,2,10-15H2,1H3/t20-,21+,22+/m0/s1. The van der Waals surface area contributed by atoms with Crippen LogP contribution in [0, 0.1) is 5.92 Å². The summed E-state index contributed by atoms with van der Waals surface area (Å²) < 4.78 is 6.04. The van der Waals surface area contributed by atoms with Crippen LogP contribution in [0.2, 0.25) is 0 Å². The van der Waals surface area contributed by atoms with Gasteiger partial charge in [-0.15, -0.1) is 0 Å². The number of nitrogens with zero attached hydrogens (tertiary/aromatic N) is 2. The van der Waals surface area contributed by atoms with E-state index >= 15 is 0 Å². The Morgan fingerprint density at radius 2 is 1.72 bits per heavy atom. The lowest BCUT2D eigenvalue weighted by Gasteiger charge is -2.51. The summed E-state index contributed by atoms with van der Waals surface area (Å²) >= 11 is 0. The predicted octanol–water partition coefficient (Wildman–Crippen LogP) is 3.90. The quantitative estimate of drug-likeness (QED) is 0.844. The van der Waals surface area contributed by atoms with Gasteiger partial charge in [-0.05, 0) is 49.5 Å². The second-order valence-electron chi connectivity index (χ2n) is 8.02. The summed E-state index contributed by atoms with van der Waals surface area (Å²) in [5.41, 5.74) is 1.52. The van der Waals surface area contributed by atoms with Crippen molar-refractivity contribution in [3.63, 3.8) is 0 Å². The molecule has 4 saturated heterocycles. The number of benzene rings is 1. The van der Waals surface area contributed by atoms with Crippen molar-refractivity contribution < 1.29 is 4.42 Å². The molecule has 4 fully saturated rings.